The molecular weight excluding hydrogens is 234 g/mol. The average molecular weight is 265 g/mol. The molecule has 0 saturated carbocycles. The lowest BCUT2D eigenvalue weighted by Crippen LogP contribution is -2.46. The molecule has 19 heavy (non-hydrogen) atoms. The number of hydrogen-bond donors (Lipinski definition) is 1. The zero-order valence-corrected chi connectivity index (χ0v) is 12.8. The first kappa shape index (κ1) is 15.1. The smallest absolute Gasteiger partial charge is 0.0881 e. The van der Waals surface area contributed by atoms with Crippen molar-refractivity contribution in [1.29, 1.82) is 0 Å². The molecule has 2 rings (SSSR count). The number of rotatable bonds is 3. The monoisotopic (exact) mass is 265 g/mol. The summed E-state index contributed by atoms with van der Waals surface area (Å²) in [5.74, 6) is 0.729. The average Bonchev–Trinajstić information content (AvgIpc) is 2.31. The van der Waals surface area contributed by atoms with E-state index >= 15 is 0 Å². The summed E-state index contributed by atoms with van der Waals surface area (Å²) in [5, 5.41) is 11.0. The van der Waals surface area contributed by atoms with Crippen LogP contribution in [0.4, 0.5) is 0 Å². The van der Waals surface area contributed by atoms with Crippen LogP contribution in [0.25, 0.3) is 0 Å². The minimum atomic E-state index is -0.481. The van der Waals surface area contributed by atoms with E-state index in [1.54, 1.807) is 0 Å². The quantitative estimate of drug-likeness (QED) is 0.786. The molecule has 0 aromatic rings. The van der Waals surface area contributed by atoms with Crippen molar-refractivity contribution in [2.24, 2.45) is 5.92 Å². The van der Waals surface area contributed by atoms with Crippen LogP contribution in [0.5, 0.6) is 0 Å². The number of likely N-dealkylation sites (tertiary alicyclic amines) is 1. The van der Waals surface area contributed by atoms with Gasteiger partial charge in [0.1, 0.15) is 0 Å². The van der Waals surface area contributed by atoms with E-state index in [1.807, 2.05) is 0 Å². The Morgan fingerprint density at radius 2 is 1.84 bits per heavy atom. The highest BCUT2D eigenvalue weighted by Crippen LogP contribution is 2.34. The van der Waals surface area contributed by atoms with Crippen molar-refractivity contribution in [3.8, 4) is 0 Å². The fourth-order valence-electron chi connectivity index (χ4n) is 3.56. The highest BCUT2D eigenvalue weighted by molar-refractivity contribution is 5.18. The Balaban J connectivity index is 1.92. The van der Waals surface area contributed by atoms with E-state index < -0.39 is 5.60 Å². The summed E-state index contributed by atoms with van der Waals surface area (Å²) >= 11 is 0. The summed E-state index contributed by atoms with van der Waals surface area (Å²) < 4.78 is 0. The van der Waals surface area contributed by atoms with Crippen LogP contribution in [0.2, 0.25) is 0 Å². The topological polar surface area (TPSA) is 23.5 Å². The fourth-order valence-corrected chi connectivity index (χ4v) is 3.56. The standard InChI is InChI=1S/C17H31NO/c1-15(2)14-18-12-10-17(19,11-13-18)16-8-6-4-3-5-7-9-16/h8,15,19H,3-7,9-14H2,1-2H3. The van der Waals surface area contributed by atoms with Gasteiger partial charge in [0.25, 0.3) is 0 Å². The third kappa shape index (κ3) is 4.32. The fraction of sp³-hybridized carbons (Fsp3) is 0.882. The van der Waals surface area contributed by atoms with Gasteiger partial charge in [0, 0.05) is 19.6 Å². The predicted octanol–water partition coefficient (Wildman–Crippen LogP) is 3.75. The molecule has 0 aromatic heterocycles. The molecule has 1 aliphatic carbocycles. The Kier molecular flexibility index (Phi) is 5.47. The van der Waals surface area contributed by atoms with Crippen molar-refractivity contribution in [3.63, 3.8) is 0 Å². The summed E-state index contributed by atoms with van der Waals surface area (Å²) in [6, 6.07) is 0. The van der Waals surface area contributed by atoms with Gasteiger partial charge in [-0.1, -0.05) is 32.8 Å². The van der Waals surface area contributed by atoms with E-state index in [1.165, 1.54) is 44.2 Å². The summed E-state index contributed by atoms with van der Waals surface area (Å²) in [5.41, 5.74) is 0.876. The number of nitrogens with zero attached hydrogens (tertiary/aromatic N) is 1. The van der Waals surface area contributed by atoms with Crippen molar-refractivity contribution in [1.82, 2.24) is 4.90 Å². The van der Waals surface area contributed by atoms with E-state index in [2.05, 4.69) is 24.8 Å². The molecule has 1 aliphatic heterocycles. The molecule has 0 radical (unpaired) electrons. The predicted molar refractivity (Wildman–Crippen MR) is 81.2 cm³/mol. The molecule has 110 valence electrons. The lowest BCUT2D eigenvalue weighted by molar-refractivity contribution is 0.00353. The second-order valence-electron chi connectivity index (χ2n) is 6.91. The lowest BCUT2D eigenvalue weighted by atomic mass is 9.80. The van der Waals surface area contributed by atoms with Gasteiger partial charge in [-0.3, -0.25) is 0 Å². The number of allylic oxidation sites excluding steroid dienone is 1. The molecule has 1 N–H and O–H groups in total. The van der Waals surface area contributed by atoms with Crippen LogP contribution in [0.15, 0.2) is 11.6 Å². The molecule has 1 saturated heterocycles. The minimum absolute atomic E-state index is 0.481. The van der Waals surface area contributed by atoms with Crippen molar-refractivity contribution in [2.45, 2.75) is 70.8 Å². The molecule has 1 heterocycles. The molecule has 0 amide bonds. The Labute approximate surface area is 118 Å². The Morgan fingerprint density at radius 3 is 2.53 bits per heavy atom. The third-order valence-electron chi connectivity index (χ3n) is 4.70. The van der Waals surface area contributed by atoms with Crippen molar-refractivity contribution in [3.05, 3.63) is 11.6 Å². The SMILES string of the molecule is CC(C)CN1CCC(O)(C2=CCCCCCC2)CC1. The van der Waals surface area contributed by atoms with Crippen LogP contribution < -0.4 is 0 Å². The van der Waals surface area contributed by atoms with E-state index in [-0.39, 0.29) is 0 Å². The molecule has 2 heteroatoms. The van der Waals surface area contributed by atoms with Gasteiger partial charge in [0.05, 0.1) is 5.60 Å². The summed E-state index contributed by atoms with van der Waals surface area (Å²) in [7, 11) is 0. The largest absolute Gasteiger partial charge is 0.385 e. The van der Waals surface area contributed by atoms with Crippen LogP contribution in [0.1, 0.15) is 65.2 Å². The second kappa shape index (κ2) is 6.90. The molecule has 0 bridgehead atoms. The van der Waals surface area contributed by atoms with Crippen LogP contribution in [-0.4, -0.2) is 35.2 Å². The van der Waals surface area contributed by atoms with E-state index in [0.29, 0.717) is 0 Å². The molecule has 2 aliphatic rings. The van der Waals surface area contributed by atoms with Gasteiger partial charge in [0.2, 0.25) is 0 Å². The first-order valence-electron chi connectivity index (χ1n) is 8.24. The third-order valence-corrected chi connectivity index (χ3v) is 4.70. The molecular formula is C17H31NO. The maximum atomic E-state index is 11.0. The van der Waals surface area contributed by atoms with Gasteiger partial charge in [-0.2, -0.15) is 0 Å². The summed E-state index contributed by atoms with van der Waals surface area (Å²) in [6.45, 7) is 7.85. The molecule has 1 fully saturated rings. The van der Waals surface area contributed by atoms with Gasteiger partial charge in [0.15, 0.2) is 0 Å². The van der Waals surface area contributed by atoms with Crippen LogP contribution in [0, 0.1) is 5.92 Å². The Bertz CT molecular complexity index is 300. The number of hydrogen-bond acceptors (Lipinski definition) is 2. The normalized spacial score (nSPS) is 25.8. The van der Waals surface area contributed by atoms with Gasteiger partial charge in [-0.15, -0.1) is 0 Å². The maximum absolute atomic E-state index is 11.0. The van der Waals surface area contributed by atoms with E-state index in [4.69, 9.17) is 0 Å². The van der Waals surface area contributed by atoms with E-state index in [0.717, 1.165) is 38.3 Å². The molecule has 0 unspecified atom stereocenters. The number of piperidine rings is 1. The Hall–Kier alpha value is -0.340. The van der Waals surface area contributed by atoms with E-state index in [9.17, 15) is 5.11 Å². The number of aliphatic hydroxyl groups is 1. The zero-order valence-electron chi connectivity index (χ0n) is 12.8. The Morgan fingerprint density at radius 1 is 1.16 bits per heavy atom. The summed E-state index contributed by atoms with van der Waals surface area (Å²) in [6.07, 6.45) is 11.8. The second-order valence-corrected chi connectivity index (χ2v) is 6.91. The lowest BCUT2D eigenvalue weighted by Gasteiger charge is -2.41. The zero-order chi connectivity index (χ0) is 13.7. The first-order chi connectivity index (χ1) is 9.10. The van der Waals surface area contributed by atoms with Crippen molar-refractivity contribution in [2.75, 3.05) is 19.6 Å². The molecule has 0 aromatic carbocycles. The van der Waals surface area contributed by atoms with Gasteiger partial charge >= 0.3 is 0 Å². The van der Waals surface area contributed by atoms with Gasteiger partial charge in [-0.25, -0.2) is 0 Å². The van der Waals surface area contributed by atoms with Gasteiger partial charge in [-0.05, 0) is 50.0 Å². The maximum Gasteiger partial charge on any atom is 0.0881 e. The summed E-state index contributed by atoms with van der Waals surface area (Å²) in [4.78, 5) is 2.52. The molecule has 2 nitrogen and oxygen atoms in total. The van der Waals surface area contributed by atoms with Crippen LogP contribution in [-0.2, 0) is 0 Å². The minimum Gasteiger partial charge on any atom is -0.385 e. The van der Waals surface area contributed by atoms with Gasteiger partial charge < -0.3 is 10.0 Å². The van der Waals surface area contributed by atoms with Crippen molar-refractivity contribution >= 4 is 0 Å². The first-order valence-corrected chi connectivity index (χ1v) is 8.24. The van der Waals surface area contributed by atoms with Crippen LogP contribution in [0.3, 0.4) is 0 Å². The molecule has 0 atom stereocenters. The van der Waals surface area contributed by atoms with Crippen LogP contribution >= 0.6 is 0 Å². The van der Waals surface area contributed by atoms with Crippen molar-refractivity contribution < 1.29 is 5.11 Å². The molecule has 0 spiro atoms. The highest BCUT2D eigenvalue weighted by Gasteiger charge is 2.35. The highest BCUT2D eigenvalue weighted by atomic mass is 16.3.